The Morgan fingerprint density at radius 3 is 2.43 bits per heavy atom. The number of anilines is 1. The third-order valence-corrected chi connectivity index (χ3v) is 5.36. The lowest BCUT2D eigenvalue weighted by atomic mass is 9.98. The van der Waals surface area contributed by atoms with Crippen molar-refractivity contribution in [3.63, 3.8) is 0 Å². The fourth-order valence-electron chi connectivity index (χ4n) is 3.67. The van der Waals surface area contributed by atoms with Gasteiger partial charge in [0.05, 0.1) is 6.42 Å². The lowest BCUT2D eigenvalue weighted by Crippen LogP contribution is -2.44. The van der Waals surface area contributed by atoms with E-state index in [1.807, 2.05) is 0 Å². The number of imide groups is 1. The van der Waals surface area contributed by atoms with E-state index in [0.29, 0.717) is 24.1 Å². The normalized spacial score (nSPS) is 18.2. The van der Waals surface area contributed by atoms with E-state index in [1.165, 1.54) is 31.2 Å². The molecule has 4 N–H and O–H groups in total. The third-order valence-electron chi connectivity index (χ3n) is 5.36. The second kappa shape index (κ2) is 8.52. The summed E-state index contributed by atoms with van der Waals surface area (Å²) < 4.78 is 5.10. The Bertz CT molecular complexity index is 876. The van der Waals surface area contributed by atoms with Crippen LogP contribution in [-0.2, 0) is 19.1 Å². The van der Waals surface area contributed by atoms with Gasteiger partial charge in [0.25, 0.3) is 11.8 Å². The van der Waals surface area contributed by atoms with Crippen LogP contribution in [0.1, 0.15) is 49.4 Å². The standard InChI is InChI=1S/C20H24N4O6/c1-12(17(27)22-14-6-4-13(5-7-14)16(21)26)30-15(25)8-11-24-18(28)20(23-19(24)29)9-2-3-10-20/h4-7,12H,2-3,8-11H2,1H3,(H2,21,26)(H,22,27)(H,23,29)/t12-/m1/s1. The average Bonchev–Trinajstić information content (AvgIpc) is 3.26. The number of carbonyl (C=O) groups is 5. The number of hydrogen-bond acceptors (Lipinski definition) is 6. The highest BCUT2D eigenvalue weighted by Gasteiger charge is 2.52. The Morgan fingerprint density at radius 1 is 1.20 bits per heavy atom. The highest BCUT2D eigenvalue weighted by molar-refractivity contribution is 6.07. The van der Waals surface area contributed by atoms with Gasteiger partial charge in [-0.05, 0) is 44.0 Å². The Kier molecular flexibility index (Phi) is 6.04. The topological polar surface area (TPSA) is 148 Å². The summed E-state index contributed by atoms with van der Waals surface area (Å²) in [5.41, 5.74) is 5.05. The Balaban J connectivity index is 1.47. The number of amides is 5. The van der Waals surface area contributed by atoms with Crippen molar-refractivity contribution in [2.75, 3.05) is 11.9 Å². The lowest BCUT2D eigenvalue weighted by Gasteiger charge is -2.20. The molecule has 160 valence electrons. The van der Waals surface area contributed by atoms with Gasteiger partial charge < -0.3 is 21.1 Å². The molecule has 1 atom stereocenters. The molecule has 1 aliphatic carbocycles. The largest absolute Gasteiger partial charge is 0.452 e. The number of primary amides is 1. The van der Waals surface area contributed by atoms with Crippen molar-refractivity contribution in [2.24, 2.45) is 5.73 Å². The molecule has 1 heterocycles. The van der Waals surface area contributed by atoms with Gasteiger partial charge in [-0.25, -0.2) is 4.79 Å². The van der Waals surface area contributed by atoms with Gasteiger partial charge >= 0.3 is 12.0 Å². The smallest absolute Gasteiger partial charge is 0.325 e. The van der Waals surface area contributed by atoms with Crippen molar-refractivity contribution in [3.8, 4) is 0 Å². The molecule has 30 heavy (non-hydrogen) atoms. The second-order valence-electron chi connectivity index (χ2n) is 7.49. The number of nitrogens with two attached hydrogens (primary N) is 1. The van der Waals surface area contributed by atoms with E-state index in [-0.39, 0.29) is 18.9 Å². The number of benzene rings is 1. The molecule has 2 aliphatic rings. The van der Waals surface area contributed by atoms with Crippen LogP contribution >= 0.6 is 0 Å². The first-order valence-electron chi connectivity index (χ1n) is 9.76. The molecule has 1 aromatic rings. The van der Waals surface area contributed by atoms with Crippen LogP contribution in [0.25, 0.3) is 0 Å². The molecule has 1 saturated heterocycles. The number of carbonyl (C=O) groups excluding carboxylic acids is 5. The molecule has 1 spiro atoms. The van der Waals surface area contributed by atoms with Crippen molar-refractivity contribution in [1.82, 2.24) is 10.2 Å². The zero-order valence-electron chi connectivity index (χ0n) is 16.6. The molecule has 0 bridgehead atoms. The van der Waals surface area contributed by atoms with Crippen molar-refractivity contribution in [3.05, 3.63) is 29.8 Å². The summed E-state index contributed by atoms with van der Waals surface area (Å²) in [7, 11) is 0. The van der Waals surface area contributed by atoms with E-state index in [4.69, 9.17) is 10.5 Å². The van der Waals surface area contributed by atoms with E-state index in [9.17, 15) is 24.0 Å². The fourth-order valence-corrected chi connectivity index (χ4v) is 3.67. The molecule has 5 amide bonds. The van der Waals surface area contributed by atoms with Crippen LogP contribution in [0.3, 0.4) is 0 Å². The molecule has 1 aliphatic heterocycles. The summed E-state index contributed by atoms with van der Waals surface area (Å²) in [4.78, 5) is 61.0. The molecule has 0 unspecified atom stereocenters. The lowest BCUT2D eigenvalue weighted by molar-refractivity contribution is -0.153. The van der Waals surface area contributed by atoms with Crippen LogP contribution in [0.4, 0.5) is 10.5 Å². The van der Waals surface area contributed by atoms with Gasteiger partial charge in [0.1, 0.15) is 5.54 Å². The van der Waals surface area contributed by atoms with E-state index in [2.05, 4.69) is 10.6 Å². The predicted octanol–water partition coefficient (Wildman–Crippen LogP) is 0.910. The quantitative estimate of drug-likeness (QED) is 0.444. The second-order valence-corrected chi connectivity index (χ2v) is 7.49. The minimum atomic E-state index is -1.09. The summed E-state index contributed by atoms with van der Waals surface area (Å²) in [6, 6.07) is 5.43. The Labute approximate surface area is 173 Å². The maximum atomic E-state index is 12.5. The Hall–Kier alpha value is -3.43. The van der Waals surface area contributed by atoms with Crippen molar-refractivity contribution < 1.29 is 28.7 Å². The van der Waals surface area contributed by atoms with Gasteiger partial charge in [-0.15, -0.1) is 0 Å². The molecule has 1 saturated carbocycles. The first-order valence-corrected chi connectivity index (χ1v) is 9.76. The van der Waals surface area contributed by atoms with Crippen LogP contribution in [0.5, 0.6) is 0 Å². The summed E-state index contributed by atoms with van der Waals surface area (Å²) in [6.45, 7) is 1.31. The molecule has 0 radical (unpaired) electrons. The first kappa shape index (κ1) is 21.3. The minimum Gasteiger partial charge on any atom is -0.452 e. The summed E-state index contributed by atoms with van der Waals surface area (Å²) in [5.74, 6) is -2.15. The number of hydrogen-bond donors (Lipinski definition) is 3. The third kappa shape index (κ3) is 4.42. The van der Waals surface area contributed by atoms with Crippen LogP contribution in [-0.4, -0.2) is 52.8 Å². The molecule has 3 rings (SSSR count). The molecule has 0 aromatic heterocycles. The fraction of sp³-hybridized carbons (Fsp3) is 0.450. The van der Waals surface area contributed by atoms with Gasteiger partial charge in [0.2, 0.25) is 5.91 Å². The van der Waals surface area contributed by atoms with E-state index < -0.39 is 35.5 Å². The highest BCUT2D eigenvalue weighted by Crippen LogP contribution is 2.35. The van der Waals surface area contributed by atoms with Gasteiger partial charge in [-0.2, -0.15) is 0 Å². The van der Waals surface area contributed by atoms with Crippen molar-refractivity contribution >= 4 is 35.4 Å². The molecule has 10 heteroatoms. The van der Waals surface area contributed by atoms with E-state index >= 15 is 0 Å². The number of rotatable bonds is 7. The molecule has 1 aromatic carbocycles. The van der Waals surface area contributed by atoms with E-state index in [1.54, 1.807) is 0 Å². The number of urea groups is 1. The van der Waals surface area contributed by atoms with Gasteiger partial charge in [0.15, 0.2) is 6.10 Å². The molecule has 10 nitrogen and oxygen atoms in total. The van der Waals surface area contributed by atoms with Crippen molar-refractivity contribution in [1.29, 1.82) is 0 Å². The molecular weight excluding hydrogens is 392 g/mol. The maximum absolute atomic E-state index is 12.5. The van der Waals surface area contributed by atoms with Gasteiger partial charge in [-0.1, -0.05) is 12.8 Å². The van der Waals surface area contributed by atoms with Crippen LogP contribution in [0.2, 0.25) is 0 Å². The number of ether oxygens (including phenoxy) is 1. The summed E-state index contributed by atoms with van der Waals surface area (Å²) in [5, 5.41) is 5.30. The summed E-state index contributed by atoms with van der Waals surface area (Å²) in [6.07, 6.45) is 1.67. The monoisotopic (exact) mass is 416 g/mol. The number of nitrogens with one attached hydrogen (secondary N) is 2. The highest BCUT2D eigenvalue weighted by atomic mass is 16.5. The van der Waals surface area contributed by atoms with Crippen molar-refractivity contribution in [2.45, 2.75) is 50.7 Å². The minimum absolute atomic E-state index is 0.103. The van der Waals surface area contributed by atoms with Crippen LogP contribution in [0, 0.1) is 0 Å². The average molecular weight is 416 g/mol. The van der Waals surface area contributed by atoms with Crippen LogP contribution in [0.15, 0.2) is 24.3 Å². The first-order chi connectivity index (χ1) is 14.2. The van der Waals surface area contributed by atoms with Crippen LogP contribution < -0.4 is 16.4 Å². The SMILES string of the molecule is C[C@@H](OC(=O)CCN1C(=O)NC2(CCCC2)C1=O)C(=O)Nc1ccc(C(N)=O)cc1. The van der Waals surface area contributed by atoms with Gasteiger partial charge in [-0.3, -0.25) is 24.1 Å². The van der Waals surface area contributed by atoms with E-state index in [0.717, 1.165) is 17.7 Å². The zero-order valence-corrected chi connectivity index (χ0v) is 16.6. The van der Waals surface area contributed by atoms with Gasteiger partial charge in [0, 0.05) is 17.8 Å². The Morgan fingerprint density at radius 2 is 1.83 bits per heavy atom. The maximum Gasteiger partial charge on any atom is 0.325 e. The molecular formula is C20H24N4O6. The number of esters is 1. The molecule has 2 fully saturated rings. The zero-order chi connectivity index (χ0) is 21.9. The number of nitrogens with zero attached hydrogens (tertiary/aromatic N) is 1. The predicted molar refractivity (Wildman–Crippen MR) is 105 cm³/mol. The summed E-state index contributed by atoms with van der Waals surface area (Å²) >= 11 is 0.